The molecule has 0 saturated heterocycles. The summed E-state index contributed by atoms with van der Waals surface area (Å²) in [5.74, 6) is -0.453. The average Bonchev–Trinajstić information content (AvgIpc) is 2.47. The second-order valence-electron chi connectivity index (χ2n) is 4.21. The van der Waals surface area contributed by atoms with Crippen molar-refractivity contribution in [2.75, 3.05) is 6.61 Å². The Bertz CT molecular complexity index is 576. The molecule has 1 N–H and O–H groups in total. The summed E-state index contributed by atoms with van der Waals surface area (Å²) in [6, 6.07) is 17.1. The fraction of sp³-hybridized carbons (Fsp3) is 0.125. The first-order chi connectivity index (χ1) is 9.74. The van der Waals surface area contributed by atoms with E-state index in [4.69, 9.17) is 9.84 Å². The number of hydrogen-bond acceptors (Lipinski definition) is 3. The number of ether oxygens (including phenoxy) is 1. The molecule has 0 saturated carbocycles. The summed E-state index contributed by atoms with van der Waals surface area (Å²) in [4.78, 5) is 14.7. The third kappa shape index (κ3) is 4.57. The molecular formula is C16H15NO3. The quantitative estimate of drug-likeness (QED) is 0.820. The van der Waals surface area contributed by atoms with Gasteiger partial charge in [0, 0.05) is 6.21 Å². The van der Waals surface area contributed by atoms with Crippen LogP contribution in [0.25, 0.3) is 0 Å². The number of carbonyl (C=O) groups is 1. The lowest BCUT2D eigenvalue weighted by molar-refractivity contribution is -0.139. The van der Waals surface area contributed by atoms with Crippen molar-refractivity contribution in [3.8, 4) is 5.75 Å². The molecular weight excluding hydrogens is 254 g/mol. The summed E-state index contributed by atoms with van der Waals surface area (Å²) in [6.07, 6.45) is 1.79. The lowest BCUT2D eigenvalue weighted by Gasteiger charge is -2.02. The fourth-order valence-electron chi connectivity index (χ4n) is 1.64. The van der Waals surface area contributed by atoms with Crippen LogP contribution < -0.4 is 4.74 Å². The van der Waals surface area contributed by atoms with Crippen LogP contribution in [0.5, 0.6) is 5.75 Å². The smallest absolute Gasteiger partial charge is 0.341 e. The topological polar surface area (TPSA) is 58.9 Å². The van der Waals surface area contributed by atoms with E-state index in [0.29, 0.717) is 12.3 Å². The normalized spacial score (nSPS) is 10.6. The molecule has 2 rings (SSSR count). The van der Waals surface area contributed by atoms with Gasteiger partial charge in [-0.1, -0.05) is 30.3 Å². The van der Waals surface area contributed by atoms with Crippen LogP contribution in [0, 0.1) is 0 Å². The van der Waals surface area contributed by atoms with Gasteiger partial charge in [0.25, 0.3) is 0 Å². The Morgan fingerprint density at radius 3 is 2.45 bits per heavy atom. The van der Waals surface area contributed by atoms with Gasteiger partial charge in [-0.05, 0) is 35.4 Å². The van der Waals surface area contributed by atoms with Gasteiger partial charge in [-0.15, -0.1) is 0 Å². The lowest BCUT2D eigenvalue weighted by atomic mass is 10.2. The van der Waals surface area contributed by atoms with Crippen LogP contribution >= 0.6 is 0 Å². The number of nitrogens with zero attached hydrogens (tertiary/aromatic N) is 1. The largest absolute Gasteiger partial charge is 0.482 e. The number of benzene rings is 2. The Balaban J connectivity index is 1.88. The van der Waals surface area contributed by atoms with Crippen molar-refractivity contribution in [2.45, 2.75) is 6.54 Å². The molecule has 102 valence electrons. The van der Waals surface area contributed by atoms with Crippen LogP contribution in [-0.4, -0.2) is 23.9 Å². The highest BCUT2D eigenvalue weighted by Gasteiger charge is 1.98. The Labute approximate surface area is 117 Å². The number of hydrogen-bond donors (Lipinski definition) is 1. The van der Waals surface area contributed by atoms with Gasteiger partial charge in [0.15, 0.2) is 6.61 Å². The Kier molecular flexibility index (Phi) is 4.89. The molecule has 0 aromatic heterocycles. The molecule has 2 aromatic carbocycles. The van der Waals surface area contributed by atoms with Crippen molar-refractivity contribution < 1.29 is 14.6 Å². The fourth-order valence-corrected chi connectivity index (χ4v) is 1.64. The first kappa shape index (κ1) is 13.8. The lowest BCUT2D eigenvalue weighted by Crippen LogP contribution is -2.09. The summed E-state index contributed by atoms with van der Waals surface area (Å²) >= 11 is 0. The maximum Gasteiger partial charge on any atom is 0.341 e. The van der Waals surface area contributed by atoms with Gasteiger partial charge in [0.05, 0.1) is 6.54 Å². The van der Waals surface area contributed by atoms with Crippen molar-refractivity contribution in [1.29, 1.82) is 0 Å². The average molecular weight is 269 g/mol. The number of rotatable bonds is 6. The van der Waals surface area contributed by atoms with E-state index in [9.17, 15) is 4.79 Å². The molecule has 0 unspecified atom stereocenters. The monoisotopic (exact) mass is 269 g/mol. The van der Waals surface area contributed by atoms with Crippen molar-refractivity contribution in [3.05, 3.63) is 65.7 Å². The molecule has 0 amide bonds. The number of aliphatic imine (C=N–C) groups is 1. The van der Waals surface area contributed by atoms with Crippen molar-refractivity contribution in [1.82, 2.24) is 0 Å². The Morgan fingerprint density at radius 2 is 1.80 bits per heavy atom. The minimum Gasteiger partial charge on any atom is -0.482 e. The molecule has 4 nitrogen and oxygen atoms in total. The van der Waals surface area contributed by atoms with Crippen LogP contribution in [-0.2, 0) is 11.3 Å². The van der Waals surface area contributed by atoms with Gasteiger partial charge in [0.1, 0.15) is 5.75 Å². The second-order valence-corrected chi connectivity index (χ2v) is 4.21. The standard InChI is InChI=1S/C16H15NO3/c18-16(19)12-20-15-8-6-14(7-9-15)11-17-10-13-4-2-1-3-5-13/h1-9,11H,10,12H2,(H,18,19). The number of carboxylic acids is 1. The minimum atomic E-state index is -0.987. The molecule has 0 atom stereocenters. The van der Waals surface area contributed by atoms with Crippen molar-refractivity contribution >= 4 is 12.2 Å². The highest BCUT2D eigenvalue weighted by Crippen LogP contribution is 2.11. The highest BCUT2D eigenvalue weighted by molar-refractivity contribution is 5.79. The predicted molar refractivity (Wildman–Crippen MR) is 77.3 cm³/mol. The Hall–Kier alpha value is -2.62. The zero-order chi connectivity index (χ0) is 14.2. The highest BCUT2D eigenvalue weighted by atomic mass is 16.5. The molecule has 0 aliphatic heterocycles. The van der Waals surface area contributed by atoms with Crippen LogP contribution in [0.3, 0.4) is 0 Å². The third-order valence-corrected chi connectivity index (χ3v) is 2.60. The summed E-state index contributed by atoms with van der Waals surface area (Å²) < 4.78 is 5.05. The summed E-state index contributed by atoms with van der Waals surface area (Å²) in [6.45, 7) is 0.305. The van der Waals surface area contributed by atoms with E-state index in [1.165, 1.54) is 0 Å². The Morgan fingerprint density at radius 1 is 1.10 bits per heavy atom. The van der Waals surface area contributed by atoms with Gasteiger partial charge in [-0.25, -0.2) is 4.79 Å². The van der Waals surface area contributed by atoms with Crippen molar-refractivity contribution in [2.24, 2.45) is 4.99 Å². The zero-order valence-corrected chi connectivity index (χ0v) is 10.9. The second kappa shape index (κ2) is 7.09. The molecule has 0 spiro atoms. The summed E-state index contributed by atoms with van der Waals surface area (Å²) in [5, 5.41) is 8.51. The van der Waals surface area contributed by atoms with Crippen LogP contribution in [0.1, 0.15) is 11.1 Å². The van der Waals surface area contributed by atoms with Crippen LogP contribution in [0.15, 0.2) is 59.6 Å². The minimum absolute atomic E-state index is 0.332. The number of carboxylic acid groups (broad SMARTS) is 1. The molecule has 20 heavy (non-hydrogen) atoms. The molecule has 0 aliphatic carbocycles. The van der Waals surface area contributed by atoms with Gasteiger partial charge < -0.3 is 9.84 Å². The SMILES string of the molecule is O=C(O)COc1ccc(C=NCc2ccccc2)cc1. The zero-order valence-electron chi connectivity index (χ0n) is 10.9. The summed E-state index contributed by atoms with van der Waals surface area (Å²) in [5.41, 5.74) is 2.11. The van der Waals surface area contributed by atoms with Gasteiger partial charge in [-0.2, -0.15) is 0 Å². The molecule has 0 heterocycles. The predicted octanol–water partition coefficient (Wildman–Crippen LogP) is 2.77. The van der Waals surface area contributed by atoms with Gasteiger partial charge in [0.2, 0.25) is 0 Å². The molecule has 0 radical (unpaired) electrons. The number of aliphatic carboxylic acids is 1. The van der Waals surface area contributed by atoms with Crippen molar-refractivity contribution in [3.63, 3.8) is 0 Å². The van der Waals surface area contributed by atoms with E-state index in [0.717, 1.165) is 11.1 Å². The van der Waals surface area contributed by atoms with E-state index in [2.05, 4.69) is 4.99 Å². The first-order valence-corrected chi connectivity index (χ1v) is 6.22. The maximum absolute atomic E-state index is 10.4. The van der Waals surface area contributed by atoms with E-state index in [1.54, 1.807) is 18.3 Å². The maximum atomic E-state index is 10.4. The molecule has 0 aliphatic rings. The third-order valence-electron chi connectivity index (χ3n) is 2.60. The molecule has 4 heteroatoms. The van der Waals surface area contributed by atoms with E-state index < -0.39 is 5.97 Å². The van der Waals surface area contributed by atoms with Gasteiger partial charge in [-0.3, -0.25) is 4.99 Å². The van der Waals surface area contributed by atoms with E-state index in [1.807, 2.05) is 42.5 Å². The molecule has 0 fully saturated rings. The van der Waals surface area contributed by atoms with Crippen LogP contribution in [0.2, 0.25) is 0 Å². The van der Waals surface area contributed by atoms with Crippen LogP contribution in [0.4, 0.5) is 0 Å². The van der Waals surface area contributed by atoms with E-state index in [-0.39, 0.29) is 6.61 Å². The molecule has 2 aromatic rings. The van der Waals surface area contributed by atoms with Gasteiger partial charge >= 0.3 is 5.97 Å². The van der Waals surface area contributed by atoms with E-state index >= 15 is 0 Å². The summed E-state index contributed by atoms with van der Waals surface area (Å²) in [7, 11) is 0. The molecule has 0 bridgehead atoms. The first-order valence-electron chi connectivity index (χ1n) is 6.22.